The normalized spacial score (nSPS) is 10.6. The Morgan fingerprint density at radius 1 is 0.875 bits per heavy atom. The summed E-state index contributed by atoms with van der Waals surface area (Å²) < 4.78 is 0. The fourth-order valence-corrected chi connectivity index (χ4v) is 2.94. The van der Waals surface area contributed by atoms with Crippen molar-refractivity contribution in [2.75, 3.05) is 19.4 Å². The first kappa shape index (κ1) is 18.1. The first-order chi connectivity index (χ1) is 11.2. The maximum absolute atomic E-state index is 12.1. The Morgan fingerprint density at radius 2 is 1.38 bits per heavy atom. The molecule has 0 saturated heterocycles. The van der Waals surface area contributed by atoms with Crippen molar-refractivity contribution in [3.05, 3.63) is 57.6 Å². The minimum Gasteiger partial charge on any atom is -0.355 e. The standard InChI is InChI=1S/C21H28N2O/c1-13-14(2)16(4)21(17(5)15(13)3)22-19-11-9-8-10-18(19)12-20(24)23(6)7/h8-11,22H,12H2,1-7H3. The molecule has 24 heavy (non-hydrogen) atoms. The molecule has 0 bridgehead atoms. The molecule has 0 radical (unpaired) electrons. The second-order valence-corrected chi connectivity index (χ2v) is 6.75. The van der Waals surface area contributed by atoms with Crippen molar-refractivity contribution in [2.24, 2.45) is 0 Å². The van der Waals surface area contributed by atoms with E-state index in [1.54, 1.807) is 19.0 Å². The summed E-state index contributed by atoms with van der Waals surface area (Å²) in [4.78, 5) is 13.7. The van der Waals surface area contributed by atoms with Crippen LogP contribution in [0.2, 0.25) is 0 Å². The molecule has 0 atom stereocenters. The van der Waals surface area contributed by atoms with E-state index >= 15 is 0 Å². The Labute approximate surface area is 145 Å². The predicted molar refractivity (Wildman–Crippen MR) is 102 cm³/mol. The van der Waals surface area contributed by atoms with E-state index < -0.39 is 0 Å². The molecule has 2 aromatic rings. The van der Waals surface area contributed by atoms with E-state index in [0.29, 0.717) is 6.42 Å². The molecule has 0 aromatic heterocycles. The second kappa shape index (κ2) is 7.08. The third-order valence-electron chi connectivity index (χ3n) is 5.12. The van der Waals surface area contributed by atoms with E-state index in [9.17, 15) is 4.79 Å². The highest BCUT2D eigenvalue weighted by molar-refractivity contribution is 5.81. The first-order valence-electron chi connectivity index (χ1n) is 8.36. The van der Waals surface area contributed by atoms with E-state index in [-0.39, 0.29) is 5.91 Å². The molecule has 2 rings (SSSR count). The topological polar surface area (TPSA) is 32.3 Å². The molecule has 2 aromatic carbocycles. The quantitative estimate of drug-likeness (QED) is 0.891. The number of hydrogen-bond donors (Lipinski definition) is 1. The van der Waals surface area contributed by atoms with Crippen LogP contribution in [-0.4, -0.2) is 24.9 Å². The molecule has 0 saturated carbocycles. The van der Waals surface area contributed by atoms with E-state index in [2.05, 4.69) is 39.9 Å². The van der Waals surface area contributed by atoms with Crippen LogP contribution in [0.25, 0.3) is 0 Å². The number of likely N-dealkylation sites (N-methyl/N-ethyl adjacent to an activating group) is 1. The summed E-state index contributed by atoms with van der Waals surface area (Å²) in [5.41, 5.74) is 9.71. The van der Waals surface area contributed by atoms with Gasteiger partial charge in [-0.05, 0) is 74.1 Å². The van der Waals surface area contributed by atoms with Crippen LogP contribution >= 0.6 is 0 Å². The molecule has 1 amide bonds. The molecule has 0 heterocycles. The number of hydrogen-bond acceptors (Lipinski definition) is 2. The average Bonchev–Trinajstić information content (AvgIpc) is 2.56. The van der Waals surface area contributed by atoms with Crippen molar-refractivity contribution in [3.63, 3.8) is 0 Å². The van der Waals surface area contributed by atoms with Crippen molar-refractivity contribution < 1.29 is 4.79 Å². The van der Waals surface area contributed by atoms with Crippen LogP contribution in [0.3, 0.4) is 0 Å². The fourth-order valence-electron chi connectivity index (χ4n) is 2.94. The van der Waals surface area contributed by atoms with Gasteiger partial charge in [0.05, 0.1) is 6.42 Å². The Kier molecular flexibility index (Phi) is 5.33. The number of amides is 1. The van der Waals surface area contributed by atoms with Gasteiger partial charge in [0, 0.05) is 25.5 Å². The highest BCUT2D eigenvalue weighted by Gasteiger charge is 2.15. The van der Waals surface area contributed by atoms with Gasteiger partial charge in [-0.25, -0.2) is 0 Å². The lowest BCUT2D eigenvalue weighted by Gasteiger charge is -2.21. The van der Waals surface area contributed by atoms with Gasteiger partial charge < -0.3 is 10.2 Å². The van der Waals surface area contributed by atoms with Gasteiger partial charge in [0.15, 0.2) is 0 Å². The number of nitrogens with one attached hydrogen (secondary N) is 1. The number of benzene rings is 2. The van der Waals surface area contributed by atoms with Crippen molar-refractivity contribution in [3.8, 4) is 0 Å². The Bertz CT molecular complexity index is 747. The molecule has 0 unspecified atom stereocenters. The summed E-state index contributed by atoms with van der Waals surface area (Å²) in [7, 11) is 3.58. The smallest absolute Gasteiger partial charge is 0.226 e. The Hall–Kier alpha value is -2.29. The molecule has 3 nitrogen and oxygen atoms in total. The largest absolute Gasteiger partial charge is 0.355 e. The summed E-state index contributed by atoms with van der Waals surface area (Å²) in [6, 6.07) is 8.04. The molecule has 0 aliphatic carbocycles. The lowest BCUT2D eigenvalue weighted by atomic mass is 9.92. The summed E-state index contributed by atoms with van der Waals surface area (Å²) in [5.74, 6) is 0.106. The lowest BCUT2D eigenvalue weighted by molar-refractivity contribution is -0.127. The summed E-state index contributed by atoms with van der Waals surface area (Å²) in [6.45, 7) is 10.8. The third kappa shape index (κ3) is 3.45. The summed E-state index contributed by atoms with van der Waals surface area (Å²) in [6.07, 6.45) is 0.401. The van der Waals surface area contributed by atoms with Crippen molar-refractivity contribution in [2.45, 2.75) is 41.0 Å². The number of nitrogens with zero attached hydrogens (tertiary/aromatic N) is 1. The lowest BCUT2D eigenvalue weighted by Crippen LogP contribution is -2.23. The predicted octanol–water partition coefficient (Wildman–Crippen LogP) is 4.60. The number of anilines is 2. The van der Waals surface area contributed by atoms with Gasteiger partial charge in [-0.15, -0.1) is 0 Å². The number of carbonyl (C=O) groups is 1. The van der Waals surface area contributed by atoms with Crippen LogP contribution < -0.4 is 5.32 Å². The highest BCUT2D eigenvalue weighted by Crippen LogP contribution is 2.33. The van der Waals surface area contributed by atoms with Gasteiger partial charge >= 0.3 is 0 Å². The van der Waals surface area contributed by atoms with Crippen LogP contribution in [-0.2, 0) is 11.2 Å². The molecule has 128 valence electrons. The van der Waals surface area contributed by atoms with Crippen LogP contribution in [0, 0.1) is 34.6 Å². The van der Waals surface area contributed by atoms with Crippen molar-refractivity contribution in [1.29, 1.82) is 0 Å². The average molecular weight is 324 g/mol. The zero-order chi connectivity index (χ0) is 18.0. The maximum Gasteiger partial charge on any atom is 0.226 e. The van der Waals surface area contributed by atoms with Gasteiger partial charge in [0.2, 0.25) is 5.91 Å². The van der Waals surface area contributed by atoms with E-state index in [1.165, 1.54) is 27.8 Å². The maximum atomic E-state index is 12.1. The van der Waals surface area contributed by atoms with Crippen LogP contribution in [0.15, 0.2) is 24.3 Å². The van der Waals surface area contributed by atoms with E-state index in [0.717, 1.165) is 16.9 Å². The molecule has 0 aliphatic rings. The van der Waals surface area contributed by atoms with Gasteiger partial charge in [-0.2, -0.15) is 0 Å². The molecule has 0 aliphatic heterocycles. The fraction of sp³-hybridized carbons (Fsp3) is 0.381. The summed E-state index contributed by atoms with van der Waals surface area (Å²) >= 11 is 0. The monoisotopic (exact) mass is 324 g/mol. The SMILES string of the molecule is Cc1c(C)c(C)c(Nc2ccccc2CC(=O)N(C)C)c(C)c1C. The highest BCUT2D eigenvalue weighted by atomic mass is 16.2. The van der Waals surface area contributed by atoms with Crippen molar-refractivity contribution >= 4 is 17.3 Å². The second-order valence-electron chi connectivity index (χ2n) is 6.75. The van der Waals surface area contributed by atoms with E-state index in [4.69, 9.17) is 0 Å². The first-order valence-corrected chi connectivity index (χ1v) is 8.36. The minimum absolute atomic E-state index is 0.106. The van der Waals surface area contributed by atoms with Gasteiger partial charge in [0.1, 0.15) is 0 Å². The molecule has 3 heteroatoms. The number of carbonyl (C=O) groups excluding carboxylic acids is 1. The molecule has 0 fully saturated rings. The molecular formula is C21H28N2O. The Morgan fingerprint density at radius 3 is 1.92 bits per heavy atom. The zero-order valence-electron chi connectivity index (χ0n) is 15.9. The third-order valence-corrected chi connectivity index (χ3v) is 5.12. The zero-order valence-corrected chi connectivity index (χ0v) is 15.9. The van der Waals surface area contributed by atoms with Crippen LogP contribution in [0.4, 0.5) is 11.4 Å². The number of para-hydroxylation sites is 1. The molecule has 0 spiro atoms. The van der Waals surface area contributed by atoms with Gasteiger partial charge in [-0.1, -0.05) is 18.2 Å². The molecular weight excluding hydrogens is 296 g/mol. The van der Waals surface area contributed by atoms with Crippen LogP contribution in [0.1, 0.15) is 33.4 Å². The Balaban J connectivity index is 2.45. The number of rotatable bonds is 4. The summed E-state index contributed by atoms with van der Waals surface area (Å²) in [5, 5.41) is 3.59. The van der Waals surface area contributed by atoms with Gasteiger partial charge in [0.25, 0.3) is 0 Å². The van der Waals surface area contributed by atoms with Crippen LogP contribution in [0.5, 0.6) is 0 Å². The van der Waals surface area contributed by atoms with Crippen molar-refractivity contribution in [1.82, 2.24) is 4.90 Å². The molecule has 1 N–H and O–H groups in total. The van der Waals surface area contributed by atoms with E-state index in [1.807, 2.05) is 24.3 Å². The minimum atomic E-state index is 0.106. The van der Waals surface area contributed by atoms with Gasteiger partial charge in [-0.3, -0.25) is 4.79 Å².